The van der Waals surface area contributed by atoms with Crippen LogP contribution >= 0.6 is 0 Å². The van der Waals surface area contributed by atoms with Gasteiger partial charge in [0.25, 0.3) is 5.91 Å². The monoisotopic (exact) mass is 460 g/mol. The second-order valence-electron chi connectivity index (χ2n) is 7.55. The zero-order valence-corrected chi connectivity index (χ0v) is 18.2. The summed E-state index contributed by atoms with van der Waals surface area (Å²) >= 11 is 0. The van der Waals surface area contributed by atoms with E-state index in [9.17, 15) is 23.1 Å². The molecule has 1 heterocycles. The van der Waals surface area contributed by atoms with Crippen LogP contribution in [0.1, 0.15) is 15.9 Å². The normalized spacial score (nSPS) is 18.3. The summed E-state index contributed by atoms with van der Waals surface area (Å²) in [6.45, 7) is 6.63. The van der Waals surface area contributed by atoms with Gasteiger partial charge in [-0.15, -0.1) is 6.58 Å². The number of aliphatic hydroxyl groups excluding tert-OH is 1. The molecule has 180 valence electrons. The molecule has 1 aromatic carbocycles. The number of ether oxygens (including phenoxy) is 3. The Kier molecular flexibility index (Phi) is 10.6. The molecule has 1 aliphatic heterocycles. The lowest BCUT2D eigenvalue weighted by atomic mass is 10.1. The third kappa shape index (κ3) is 8.51. The zero-order valence-electron chi connectivity index (χ0n) is 18.2. The van der Waals surface area contributed by atoms with Crippen LogP contribution in [0.25, 0.3) is 0 Å². The first-order valence-corrected chi connectivity index (χ1v) is 10.4. The molecule has 0 bridgehead atoms. The predicted octanol–water partition coefficient (Wildman–Crippen LogP) is 2.06. The average Bonchev–Trinajstić information content (AvgIpc) is 2.76. The molecular formula is C22H31F3N2O5. The van der Waals surface area contributed by atoms with Gasteiger partial charge in [0.15, 0.2) is 0 Å². The van der Waals surface area contributed by atoms with Gasteiger partial charge in [-0.1, -0.05) is 12.1 Å². The smallest absolute Gasteiger partial charge is 0.389 e. The largest absolute Gasteiger partial charge is 0.416 e. The minimum atomic E-state index is -4.53. The van der Waals surface area contributed by atoms with Crippen molar-refractivity contribution in [3.05, 3.63) is 48.0 Å². The molecule has 1 aromatic rings. The average molecular weight is 460 g/mol. The topological polar surface area (TPSA) is 71.5 Å². The number of amides is 1. The molecule has 0 aliphatic carbocycles. The Morgan fingerprint density at radius 2 is 2.25 bits per heavy atom. The Morgan fingerprint density at radius 1 is 1.47 bits per heavy atom. The summed E-state index contributed by atoms with van der Waals surface area (Å²) in [4.78, 5) is 16.4. The number of rotatable bonds is 12. The Balaban J connectivity index is 2.02. The lowest BCUT2D eigenvalue weighted by molar-refractivity contribution is -0.137. The van der Waals surface area contributed by atoms with Gasteiger partial charge in [0.2, 0.25) is 0 Å². The number of alkyl halides is 3. The fraction of sp³-hybridized carbons (Fsp3) is 0.591. The van der Waals surface area contributed by atoms with Crippen molar-refractivity contribution in [3.8, 4) is 0 Å². The maximum Gasteiger partial charge on any atom is 0.416 e. The van der Waals surface area contributed by atoms with E-state index < -0.39 is 23.8 Å². The number of aliphatic hydroxyl groups is 1. The van der Waals surface area contributed by atoms with Crippen LogP contribution in [0, 0.1) is 0 Å². The van der Waals surface area contributed by atoms with Crippen molar-refractivity contribution in [2.45, 2.75) is 18.4 Å². The number of carbonyl (C=O) groups is 1. The van der Waals surface area contributed by atoms with Gasteiger partial charge in [-0.05, 0) is 18.2 Å². The summed E-state index contributed by atoms with van der Waals surface area (Å²) in [7, 11) is 1.49. The van der Waals surface area contributed by atoms with E-state index >= 15 is 0 Å². The van der Waals surface area contributed by atoms with Crippen LogP contribution in [0.15, 0.2) is 36.9 Å². The Labute approximate surface area is 186 Å². The Hall–Kier alpha value is -1.98. The molecule has 2 unspecified atom stereocenters. The number of nitrogens with zero attached hydrogens (tertiary/aromatic N) is 2. The van der Waals surface area contributed by atoms with Crippen molar-refractivity contribution >= 4 is 5.91 Å². The summed E-state index contributed by atoms with van der Waals surface area (Å²) in [5.74, 6) is -0.522. The molecule has 1 amide bonds. The predicted molar refractivity (Wildman–Crippen MR) is 112 cm³/mol. The van der Waals surface area contributed by atoms with Crippen molar-refractivity contribution in [2.24, 2.45) is 0 Å². The SMILES string of the molecule is C=CCOCC(O)CN1CCOC(CN(CCOC)C(=O)c2cccc(C(F)(F)F)c2)C1. The second kappa shape index (κ2) is 12.9. The molecule has 0 aromatic heterocycles. The zero-order chi connectivity index (χ0) is 23.6. The van der Waals surface area contributed by atoms with E-state index in [1.165, 1.54) is 24.1 Å². The highest BCUT2D eigenvalue weighted by molar-refractivity contribution is 5.94. The molecule has 1 N–H and O–H groups in total. The molecule has 2 rings (SSSR count). The lowest BCUT2D eigenvalue weighted by Crippen LogP contribution is -2.51. The van der Waals surface area contributed by atoms with Gasteiger partial charge in [0.05, 0.1) is 44.2 Å². The third-order valence-corrected chi connectivity index (χ3v) is 4.95. The maximum absolute atomic E-state index is 13.0. The van der Waals surface area contributed by atoms with Crippen LogP contribution in [0.3, 0.4) is 0 Å². The number of hydrogen-bond acceptors (Lipinski definition) is 6. The van der Waals surface area contributed by atoms with Crippen LogP contribution in [0.5, 0.6) is 0 Å². The van der Waals surface area contributed by atoms with Crippen LogP contribution in [0.4, 0.5) is 13.2 Å². The molecule has 32 heavy (non-hydrogen) atoms. The van der Waals surface area contributed by atoms with E-state index in [1.54, 1.807) is 6.08 Å². The summed E-state index contributed by atoms with van der Waals surface area (Å²) in [6.07, 6.45) is -3.95. The molecule has 1 fully saturated rings. The van der Waals surface area contributed by atoms with Crippen molar-refractivity contribution in [1.82, 2.24) is 9.80 Å². The van der Waals surface area contributed by atoms with E-state index in [2.05, 4.69) is 6.58 Å². The lowest BCUT2D eigenvalue weighted by Gasteiger charge is -2.36. The van der Waals surface area contributed by atoms with Crippen LogP contribution in [-0.4, -0.2) is 99.3 Å². The van der Waals surface area contributed by atoms with Gasteiger partial charge in [-0.25, -0.2) is 0 Å². The molecule has 1 saturated heterocycles. The van der Waals surface area contributed by atoms with Gasteiger partial charge in [-0.3, -0.25) is 9.69 Å². The second-order valence-corrected chi connectivity index (χ2v) is 7.55. The number of halogens is 3. The van der Waals surface area contributed by atoms with Crippen LogP contribution in [0.2, 0.25) is 0 Å². The van der Waals surface area contributed by atoms with E-state index in [-0.39, 0.29) is 38.0 Å². The fourth-order valence-corrected chi connectivity index (χ4v) is 3.43. The summed E-state index contributed by atoms with van der Waals surface area (Å²) < 4.78 is 55.3. The first-order valence-electron chi connectivity index (χ1n) is 10.4. The number of benzene rings is 1. The van der Waals surface area contributed by atoms with Crippen molar-refractivity contribution < 1.29 is 37.3 Å². The van der Waals surface area contributed by atoms with Crippen molar-refractivity contribution in [3.63, 3.8) is 0 Å². The minimum Gasteiger partial charge on any atom is -0.389 e. The quantitative estimate of drug-likeness (QED) is 0.380. The van der Waals surface area contributed by atoms with Gasteiger partial charge >= 0.3 is 6.18 Å². The summed E-state index contributed by atoms with van der Waals surface area (Å²) in [5, 5.41) is 10.1. The van der Waals surface area contributed by atoms with Gasteiger partial charge in [0, 0.05) is 45.4 Å². The number of hydrogen-bond donors (Lipinski definition) is 1. The summed E-state index contributed by atoms with van der Waals surface area (Å²) in [5.41, 5.74) is -0.916. The fourth-order valence-electron chi connectivity index (χ4n) is 3.43. The first kappa shape index (κ1) is 26.3. The number of β-amino-alcohol motifs (C(OH)–C–C–N with tert-alkyl or cyclic N) is 1. The van der Waals surface area contributed by atoms with E-state index in [1.807, 2.05) is 4.90 Å². The molecule has 0 spiro atoms. The summed E-state index contributed by atoms with van der Waals surface area (Å²) in [6, 6.07) is 4.38. The number of methoxy groups -OCH3 is 1. The third-order valence-electron chi connectivity index (χ3n) is 4.95. The molecule has 0 saturated carbocycles. The molecule has 2 atom stereocenters. The van der Waals surface area contributed by atoms with Gasteiger partial charge in [-0.2, -0.15) is 13.2 Å². The highest BCUT2D eigenvalue weighted by Crippen LogP contribution is 2.29. The van der Waals surface area contributed by atoms with E-state index in [4.69, 9.17) is 14.2 Å². The van der Waals surface area contributed by atoms with Crippen LogP contribution in [-0.2, 0) is 20.4 Å². The number of morpholine rings is 1. The Morgan fingerprint density at radius 3 is 2.94 bits per heavy atom. The molecule has 7 nitrogen and oxygen atoms in total. The van der Waals surface area contributed by atoms with E-state index in [0.29, 0.717) is 32.8 Å². The highest BCUT2D eigenvalue weighted by Gasteiger charge is 2.32. The standard InChI is InChI=1S/C22H31F3N2O5/c1-3-9-31-16-19(28)13-26-7-11-32-20(14-26)15-27(8-10-30-2)21(29)17-5-4-6-18(12-17)22(23,24)25/h3-6,12,19-20,28H,1,7-11,13-16H2,2H3. The number of carbonyl (C=O) groups excluding carboxylic acids is 1. The Bertz CT molecular complexity index is 732. The minimum absolute atomic E-state index is 0.0432. The highest BCUT2D eigenvalue weighted by atomic mass is 19.4. The van der Waals surface area contributed by atoms with E-state index in [0.717, 1.165) is 12.1 Å². The van der Waals surface area contributed by atoms with Gasteiger partial charge in [0.1, 0.15) is 0 Å². The maximum atomic E-state index is 13.0. The van der Waals surface area contributed by atoms with Gasteiger partial charge < -0.3 is 24.2 Å². The van der Waals surface area contributed by atoms with Crippen molar-refractivity contribution in [2.75, 3.05) is 66.3 Å². The van der Waals surface area contributed by atoms with Crippen molar-refractivity contribution in [1.29, 1.82) is 0 Å². The molecule has 0 radical (unpaired) electrons. The van der Waals surface area contributed by atoms with Crippen LogP contribution < -0.4 is 0 Å². The molecular weight excluding hydrogens is 429 g/mol. The molecule has 1 aliphatic rings. The molecule has 10 heteroatoms. The first-order chi connectivity index (χ1) is 15.2.